The predicted molar refractivity (Wildman–Crippen MR) is 509 cm³/mol. The van der Waals surface area contributed by atoms with Crippen LogP contribution in [0, 0.1) is 35.9 Å². The van der Waals surface area contributed by atoms with Crippen molar-refractivity contribution in [1.82, 2.24) is 39.0 Å². The van der Waals surface area contributed by atoms with E-state index in [0.29, 0.717) is 41.2 Å². The minimum Gasteiger partial charge on any atom is -0.486 e. The van der Waals surface area contributed by atoms with Crippen LogP contribution in [-0.4, -0.2) is 55.2 Å². The summed E-state index contributed by atoms with van der Waals surface area (Å²) in [5.41, 5.74) is 23.3. The van der Waals surface area contributed by atoms with Gasteiger partial charge in [0.1, 0.15) is 11.6 Å². The van der Waals surface area contributed by atoms with Gasteiger partial charge in [-0.25, -0.2) is 18.7 Å². The Labute approximate surface area is 763 Å². The molecule has 0 amide bonds. The third-order valence-electron chi connectivity index (χ3n) is 22.6. The molecule has 8 heterocycles. The third-order valence-corrected chi connectivity index (χ3v) is 26.7. The molecule has 11 aromatic carbocycles. The Hall–Kier alpha value is -11.8. The number of benzene rings is 11. The Kier molecular flexibility index (Phi) is 26.8. The van der Waals surface area contributed by atoms with Crippen LogP contribution < -0.4 is 10.4 Å². The van der Waals surface area contributed by atoms with Gasteiger partial charge in [0.15, 0.2) is 0 Å². The van der Waals surface area contributed by atoms with Crippen LogP contribution in [0.15, 0.2) is 300 Å². The summed E-state index contributed by atoms with van der Waals surface area (Å²) in [5, 5.41) is 6.38. The summed E-state index contributed by atoms with van der Waals surface area (Å²) in [7, 11) is -2.46. The van der Waals surface area contributed by atoms with Gasteiger partial charge < -0.3 is 27.9 Å². The first kappa shape index (κ1) is 86.7. The van der Waals surface area contributed by atoms with Crippen molar-refractivity contribution in [3.8, 4) is 67.7 Å². The fraction of sp³-hybridized carbons (Fsp3) is 0.193. The van der Waals surface area contributed by atoms with E-state index in [9.17, 15) is 8.78 Å². The van der Waals surface area contributed by atoms with Crippen LogP contribution in [-0.2, 0) is 59.7 Å². The number of furan rings is 2. The first-order chi connectivity index (χ1) is 60.1. The molecule has 125 heavy (non-hydrogen) atoms. The molecule has 0 fully saturated rings. The molecule has 10 nitrogen and oxygen atoms in total. The molecule has 0 N–H and O–H groups in total. The van der Waals surface area contributed by atoms with Crippen molar-refractivity contribution < 1.29 is 60.6 Å². The smallest absolute Gasteiger partial charge is 0.216 e. The molecule has 0 aliphatic rings. The maximum atomic E-state index is 14.8. The number of nitrogens with zero attached hydrogens (tertiary/aromatic N) is 8. The minimum atomic E-state index is -1.80. The molecule has 2 radical (unpaired) electrons. The molecule has 0 bridgehead atoms. The van der Waals surface area contributed by atoms with E-state index in [1.165, 1.54) is 39.2 Å². The summed E-state index contributed by atoms with van der Waals surface area (Å²) < 4.78 is 63.9. The molecule has 0 aliphatic carbocycles. The van der Waals surface area contributed by atoms with Crippen molar-refractivity contribution in [2.24, 2.45) is 0 Å². The van der Waals surface area contributed by atoms with Crippen LogP contribution in [0.4, 0.5) is 8.78 Å². The first-order valence-corrected chi connectivity index (χ1v) is 49.3. The van der Waals surface area contributed by atoms with E-state index in [2.05, 4.69) is 193 Å². The summed E-state index contributed by atoms with van der Waals surface area (Å²) in [4.78, 5) is 28.9. The summed E-state index contributed by atoms with van der Waals surface area (Å²) in [6.45, 7) is 32.5. The van der Waals surface area contributed by atoms with Crippen molar-refractivity contribution >= 4 is 92.7 Å². The fourth-order valence-electron chi connectivity index (χ4n) is 16.0. The maximum absolute atomic E-state index is 14.8. The summed E-state index contributed by atoms with van der Waals surface area (Å²) in [5.74, 6) is 1.86. The van der Waals surface area contributed by atoms with Gasteiger partial charge >= 0.3 is 0 Å². The quantitative estimate of drug-likeness (QED) is 0.0617. The van der Waals surface area contributed by atoms with Crippen LogP contribution in [0.1, 0.15) is 126 Å². The average molecular weight is 2030 g/mol. The molecule has 0 saturated carbocycles. The van der Waals surface area contributed by atoms with Gasteiger partial charge in [-0.1, -0.05) is 250 Å². The molecular weight excluding hydrogens is 1930 g/mol. The zero-order valence-electron chi connectivity index (χ0n) is 74.8. The second kappa shape index (κ2) is 38.7. The zero-order valence-corrected chi connectivity index (χ0v) is 79.5. The zero-order chi connectivity index (χ0) is 87.6. The summed E-state index contributed by atoms with van der Waals surface area (Å²) in [6, 6.07) is 103. The van der Waals surface area contributed by atoms with Crippen molar-refractivity contribution in [3.05, 3.63) is 372 Å². The van der Waals surface area contributed by atoms with Gasteiger partial charge in [-0.3, -0.25) is 9.97 Å². The van der Waals surface area contributed by atoms with E-state index in [1.807, 2.05) is 194 Å². The van der Waals surface area contributed by atoms with E-state index in [1.54, 1.807) is 30.3 Å². The molecule has 0 atom stereocenters. The van der Waals surface area contributed by atoms with Crippen LogP contribution >= 0.6 is 0 Å². The molecular formula is C109H100F2Ir2N8O2Si2-4. The van der Waals surface area contributed by atoms with Gasteiger partial charge in [0.05, 0.1) is 66.7 Å². The molecule has 0 aliphatic heterocycles. The van der Waals surface area contributed by atoms with Crippen LogP contribution in [0.3, 0.4) is 0 Å². The molecule has 632 valence electrons. The Morgan fingerprint density at radius 1 is 0.376 bits per heavy atom. The summed E-state index contributed by atoms with van der Waals surface area (Å²) >= 11 is 0. The van der Waals surface area contributed by atoms with E-state index < -0.39 is 22.5 Å². The number of fused-ring (bicyclic) bond motifs is 8. The molecule has 16 heteroatoms. The van der Waals surface area contributed by atoms with Crippen LogP contribution in [0.2, 0.25) is 39.3 Å². The Morgan fingerprint density at radius 2 is 0.800 bits per heavy atom. The first-order valence-electron chi connectivity index (χ1n) is 43.3. The Bertz CT molecular complexity index is 6900. The minimum absolute atomic E-state index is 0. The van der Waals surface area contributed by atoms with Crippen LogP contribution in [0.5, 0.6) is 0 Å². The summed E-state index contributed by atoms with van der Waals surface area (Å²) in [6.07, 6.45) is 2.23. The average Bonchev–Trinajstić information content (AvgIpc) is 1.60. The normalized spacial score (nSPS) is 12.0. The van der Waals surface area contributed by atoms with Crippen molar-refractivity contribution in [3.63, 3.8) is 0 Å². The topological polar surface area (TPSA) is 113 Å². The molecule has 0 spiro atoms. The SMILES string of the molecule is CC(C)c1cc(F)cc(C(C)C)c1Cn1c(-c2[c-]ccc3c2oc2nc(-c4ccccc4)ccc23)nc2ccccc21.C[Si](C)(C)c1ccc(-c2[c-]cccc2)nc1.C[Si](C)(C)c1ccc(-c2[c-]cccc2)nc1.[2H]C([2H])(c1ccccc1)c1ccc2c(n1)oc1c(-c3nc4ccccc4n3Cc3c(C(C)C)cc(-c4ccc(F)cc4)cc3C(C)C)[c-]ccc12.[Ir].[Ir]. The standard InChI is InChI=1S/C44H37FN3O.C37H31FN3O.2C14H16NSi.2Ir/c1-27(2)37-24-31(30-17-19-32(45)20-18-30)25-38(28(3)4)39(37)26-48-41-16-9-8-15-40(41)47-43(48)36-14-10-13-34-35-22-21-33(46-44(35)49-42(34)36)23-29-11-6-5-7-12-29;1-22(2)29-19-25(38)20-30(23(3)4)31(29)21-41-34-16-9-8-15-33(34)39-36(41)28-14-10-13-26-27-17-18-32(24-11-6-5-7-12-24)40-37(27)42-35(26)28;2*1-16(2,3)13-9-10-14(15-11-13)12-7-5-4-6-8-12;;/h5-13,15-22,24-25,27-28H,23,26H2,1-4H3;5-13,15-20,22-23H,21H2,1-4H3;2*4-7,9-11H,1-3H3;;/q4*-1;;/i23D2;;;;;. The number of pyridine rings is 4. The van der Waals surface area contributed by atoms with Crippen molar-refractivity contribution in [1.29, 1.82) is 0 Å². The maximum Gasteiger partial charge on any atom is 0.216 e. The van der Waals surface area contributed by atoms with Gasteiger partial charge in [-0.2, -0.15) is 0 Å². The van der Waals surface area contributed by atoms with Gasteiger partial charge in [-0.05, 0) is 168 Å². The second-order valence-corrected chi connectivity index (χ2v) is 44.8. The van der Waals surface area contributed by atoms with Gasteiger partial charge in [0.2, 0.25) is 11.4 Å². The molecule has 8 aromatic heterocycles. The predicted octanol–water partition coefficient (Wildman–Crippen LogP) is 27.6. The Balaban J connectivity index is 0.000000153. The van der Waals surface area contributed by atoms with E-state index >= 15 is 0 Å². The van der Waals surface area contributed by atoms with Crippen LogP contribution in [0.25, 0.3) is 134 Å². The number of para-hydroxylation sites is 4. The largest absolute Gasteiger partial charge is 0.486 e. The number of hydrogen-bond acceptors (Lipinski definition) is 8. The molecule has 0 saturated heterocycles. The van der Waals surface area contributed by atoms with Crippen molar-refractivity contribution in [2.75, 3.05) is 0 Å². The van der Waals surface area contributed by atoms with Gasteiger partial charge in [0.25, 0.3) is 0 Å². The molecule has 19 aromatic rings. The number of imidazole rings is 2. The number of aromatic nitrogens is 8. The van der Waals surface area contributed by atoms with E-state index in [4.69, 9.17) is 31.5 Å². The third kappa shape index (κ3) is 19.8. The number of hydrogen-bond donors (Lipinski definition) is 0. The number of halogens is 2. The van der Waals surface area contributed by atoms with Crippen molar-refractivity contribution in [2.45, 2.75) is 138 Å². The van der Waals surface area contributed by atoms with E-state index in [-0.39, 0.29) is 81.2 Å². The fourth-order valence-corrected chi connectivity index (χ4v) is 18.1. The second-order valence-electron chi connectivity index (χ2n) is 34.6. The van der Waals surface area contributed by atoms with Gasteiger partial charge in [0, 0.05) is 96.8 Å². The molecule has 0 unspecified atom stereocenters. The van der Waals surface area contributed by atoms with Gasteiger partial charge in [-0.15, -0.1) is 108 Å². The van der Waals surface area contributed by atoms with E-state index in [0.717, 1.165) is 128 Å². The molecule has 19 rings (SSSR count). The number of rotatable bonds is 18. The monoisotopic (exact) mass is 2030 g/mol. The Morgan fingerprint density at radius 3 is 1.24 bits per heavy atom.